The third kappa shape index (κ3) is 32.2. The second kappa shape index (κ2) is 30.7. The molecule has 1 amide bonds. The molecule has 0 aromatic rings. The van der Waals surface area contributed by atoms with Gasteiger partial charge in [0.25, 0.3) is 0 Å². The molecule has 9 heteroatoms. The Morgan fingerprint density at radius 2 is 1.27 bits per heavy atom. The van der Waals surface area contributed by atoms with Gasteiger partial charge in [0.1, 0.15) is 13.2 Å². The number of aliphatic hydroxyl groups is 1. The number of carbonyl (C=O) groups excluding carboxylic acids is 1. The van der Waals surface area contributed by atoms with Crippen molar-refractivity contribution in [2.45, 2.75) is 116 Å². The lowest BCUT2D eigenvalue weighted by Gasteiger charge is -2.25. The maximum absolute atomic E-state index is 12.7. The highest BCUT2D eigenvalue weighted by molar-refractivity contribution is 7.47. The van der Waals surface area contributed by atoms with Gasteiger partial charge in [0.2, 0.25) is 5.91 Å². The molecule has 0 spiro atoms. The summed E-state index contributed by atoms with van der Waals surface area (Å²) in [6, 6.07) is -0.919. The van der Waals surface area contributed by atoms with Crippen LogP contribution in [0.4, 0.5) is 0 Å². The molecule has 0 heterocycles. The Bertz CT molecular complexity index is 1060. The number of hydrogen-bond donors (Lipinski definition) is 3. The lowest BCUT2D eigenvalue weighted by molar-refractivity contribution is -0.870. The van der Waals surface area contributed by atoms with Crippen molar-refractivity contribution in [2.24, 2.45) is 0 Å². The topological polar surface area (TPSA) is 105 Å². The van der Waals surface area contributed by atoms with E-state index in [-0.39, 0.29) is 25.5 Å². The van der Waals surface area contributed by atoms with Crippen molar-refractivity contribution in [3.63, 3.8) is 0 Å². The molecule has 0 bridgehead atoms. The molecule has 3 N–H and O–H groups in total. The number of aliphatic hydroxyl groups excluding tert-OH is 1. The van der Waals surface area contributed by atoms with Crippen LogP contribution in [0.15, 0.2) is 85.1 Å². The number of hydrogen-bond acceptors (Lipinski definition) is 5. The Morgan fingerprint density at radius 3 is 1.85 bits per heavy atom. The van der Waals surface area contributed by atoms with Gasteiger partial charge >= 0.3 is 7.82 Å². The van der Waals surface area contributed by atoms with E-state index in [1.807, 2.05) is 33.3 Å². The molecule has 3 unspecified atom stereocenters. The van der Waals surface area contributed by atoms with Crippen molar-refractivity contribution in [1.82, 2.24) is 5.32 Å². The first-order chi connectivity index (χ1) is 23.0. The summed E-state index contributed by atoms with van der Waals surface area (Å²) < 4.78 is 23.3. The van der Waals surface area contributed by atoms with Gasteiger partial charge in [-0.3, -0.25) is 13.8 Å². The molecule has 0 fully saturated rings. The molecule has 274 valence electrons. The molecule has 0 aromatic heterocycles. The number of amides is 1. The van der Waals surface area contributed by atoms with Gasteiger partial charge in [-0.1, -0.05) is 125 Å². The predicted octanol–water partition coefficient (Wildman–Crippen LogP) is 9.07. The number of quaternary nitrogens is 1. The molecule has 0 aromatic carbocycles. The summed E-state index contributed by atoms with van der Waals surface area (Å²) in [5.74, 6) is -0.321. The Morgan fingerprint density at radius 1 is 0.729 bits per heavy atom. The molecule has 0 saturated carbocycles. The van der Waals surface area contributed by atoms with Crippen molar-refractivity contribution < 1.29 is 32.9 Å². The zero-order valence-electron chi connectivity index (χ0n) is 30.7. The monoisotopic (exact) mass is 691 g/mol. The van der Waals surface area contributed by atoms with E-state index >= 15 is 0 Å². The van der Waals surface area contributed by atoms with Crippen LogP contribution >= 0.6 is 7.82 Å². The summed E-state index contributed by atoms with van der Waals surface area (Å²) in [7, 11) is 1.48. The van der Waals surface area contributed by atoms with E-state index < -0.39 is 20.0 Å². The fourth-order valence-electron chi connectivity index (χ4n) is 4.24. The smallest absolute Gasteiger partial charge is 0.387 e. The molecule has 48 heavy (non-hydrogen) atoms. The molecule has 8 nitrogen and oxygen atoms in total. The molecule has 0 radical (unpaired) electrons. The Hall–Kier alpha value is -2.32. The largest absolute Gasteiger partial charge is 0.472 e. The van der Waals surface area contributed by atoms with Gasteiger partial charge < -0.3 is 19.8 Å². The first kappa shape index (κ1) is 45.7. The number of likely N-dealkylation sites (N-methyl/N-ethyl adjacent to an activating group) is 1. The van der Waals surface area contributed by atoms with Crippen LogP contribution < -0.4 is 5.32 Å². The highest BCUT2D eigenvalue weighted by Crippen LogP contribution is 2.43. The third-order valence-electron chi connectivity index (χ3n) is 7.13. The summed E-state index contributed by atoms with van der Waals surface area (Å²) in [6.45, 7) is 4.52. The lowest BCUT2D eigenvalue weighted by atomic mass is 10.1. The summed E-state index contributed by atoms with van der Waals surface area (Å²) in [5.41, 5.74) is 0. The van der Waals surface area contributed by atoms with E-state index in [2.05, 4.69) is 79.9 Å². The van der Waals surface area contributed by atoms with Gasteiger partial charge in [-0.15, -0.1) is 0 Å². The first-order valence-electron chi connectivity index (χ1n) is 18.0. The highest BCUT2D eigenvalue weighted by Gasteiger charge is 2.27. The molecular formula is C39H68N2O6P+. The average molecular weight is 692 g/mol. The van der Waals surface area contributed by atoms with E-state index in [1.54, 1.807) is 12.2 Å². The van der Waals surface area contributed by atoms with Gasteiger partial charge in [-0.25, -0.2) is 4.57 Å². The van der Waals surface area contributed by atoms with Crippen LogP contribution in [-0.4, -0.2) is 73.4 Å². The van der Waals surface area contributed by atoms with E-state index in [0.29, 0.717) is 17.4 Å². The number of phosphoric acid groups is 1. The van der Waals surface area contributed by atoms with Crippen LogP contribution in [0, 0.1) is 0 Å². The predicted molar refractivity (Wildman–Crippen MR) is 203 cm³/mol. The zero-order valence-corrected chi connectivity index (χ0v) is 31.6. The minimum Gasteiger partial charge on any atom is -0.387 e. The summed E-state index contributed by atoms with van der Waals surface area (Å²) in [6.07, 6.45) is 41.1. The molecule has 0 aliphatic rings. The molecular weight excluding hydrogens is 623 g/mol. The fourth-order valence-corrected chi connectivity index (χ4v) is 4.97. The number of unbranched alkanes of at least 4 members (excludes halogenated alkanes) is 6. The third-order valence-corrected chi connectivity index (χ3v) is 8.11. The minimum absolute atomic E-state index is 0.0348. The lowest BCUT2D eigenvalue weighted by Crippen LogP contribution is -2.45. The number of rotatable bonds is 30. The van der Waals surface area contributed by atoms with Crippen molar-refractivity contribution in [1.29, 1.82) is 0 Å². The van der Waals surface area contributed by atoms with E-state index in [0.717, 1.165) is 44.9 Å². The van der Waals surface area contributed by atoms with Crippen molar-refractivity contribution in [2.75, 3.05) is 40.9 Å². The van der Waals surface area contributed by atoms with E-state index in [9.17, 15) is 19.4 Å². The Balaban J connectivity index is 4.81. The quantitative estimate of drug-likeness (QED) is 0.0301. The van der Waals surface area contributed by atoms with Crippen LogP contribution in [0.3, 0.4) is 0 Å². The Kier molecular flexibility index (Phi) is 29.2. The second-order valence-corrected chi connectivity index (χ2v) is 14.3. The van der Waals surface area contributed by atoms with Crippen molar-refractivity contribution in [3.05, 3.63) is 85.1 Å². The summed E-state index contributed by atoms with van der Waals surface area (Å²) in [4.78, 5) is 22.9. The average Bonchev–Trinajstić information content (AvgIpc) is 3.02. The van der Waals surface area contributed by atoms with E-state index in [1.165, 1.54) is 32.1 Å². The number of nitrogens with zero attached hydrogens (tertiary/aromatic N) is 1. The van der Waals surface area contributed by atoms with Gasteiger partial charge in [0.05, 0.1) is 39.9 Å². The second-order valence-electron chi connectivity index (χ2n) is 12.9. The molecule has 0 aliphatic carbocycles. The summed E-state index contributed by atoms with van der Waals surface area (Å²) >= 11 is 0. The minimum atomic E-state index is -4.36. The Labute approximate surface area is 293 Å². The van der Waals surface area contributed by atoms with Gasteiger partial charge in [-0.2, -0.15) is 0 Å². The van der Waals surface area contributed by atoms with Gasteiger partial charge in [0.15, 0.2) is 0 Å². The van der Waals surface area contributed by atoms with E-state index in [4.69, 9.17) is 9.05 Å². The van der Waals surface area contributed by atoms with Crippen molar-refractivity contribution in [3.8, 4) is 0 Å². The van der Waals surface area contributed by atoms with Gasteiger partial charge in [0, 0.05) is 6.42 Å². The maximum Gasteiger partial charge on any atom is 0.472 e. The van der Waals surface area contributed by atoms with Gasteiger partial charge in [-0.05, 0) is 57.8 Å². The first-order valence-corrected chi connectivity index (χ1v) is 19.5. The highest BCUT2D eigenvalue weighted by atomic mass is 31.2. The number of allylic oxidation sites excluding steroid dienone is 12. The maximum atomic E-state index is 12.7. The van der Waals surface area contributed by atoms with Crippen LogP contribution in [0.1, 0.15) is 104 Å². The number of phosphoric ester groups is 1. The SMILES string of the molecule is CC/C=C\C/C=C\C/C=C\C/C=C\C/C=C\CC(=O)NC(COP(=O)(O)OCC[N+](C)(C)C)C(O)/C=C/CC/C=C/CCCCCCC. The van der Waals surface area contributed by atoms with Crippen LogP contribution in [0.5, 0.6) is 0 Å². The fraction of sp³-hybridized carbons (Fsp3) is 0.615. The number of nitrogens with one attached hydrogen (secondary N) is 1. The molecule has 0 saturated heterocycles. The van der Waals surface area contributed by atoms with Crippen LogP contribution in [0.25, 0.3) is 0 Å². The molecule has 3 atom stereocenters. The van der Waals surface area contributed by atoms with Crippen LogP contribution in [0.2, 0.25) is 0 Å². The van der Waals surface area contributed by atoms with Crippen LogP contribution in [-0.2, 0) is 18.4 Å². The molecule has 0 aliphatic heterocycles. The summed E-state index contributed by atoms with van der Waals surface area (Å²) in [5, 5.41) is 13.6. The molecule has 0 rings (SSSR count). The normalized spacial score (nSPS) is 15.7. The number of carbonyl (C=O) groups is 1. The van der Waals surface area contributed by atoms with Crippen molar-refractivity contribution >= 4 is 13.7 Å². The zero-order chi connectivity index (χ0) is 35.8. The standard InChI is InChI=1S/C39H67N2O6P/c1-6-8-10-12-14-16-18-19-20-21-23-25-27-29-31-33-39(43)40-37(36-47-48(44,45)46-35-34-41(3,4)5)38(42)32-30-28-26-24-22-17-15-13-11-9-7-2/h8,10,14,16,19-20,22-25,29-32,37-38,42H,6-7,9,11-13,15,17-18,21,26-28,33-36H2,1-5H3,(H-,40,43,44,45)/p+1/b10-8-,16-14-,20-19-,24-22+,25-23-,31-29-,32-30+.